The standard InChI is InChI=1S/C20H27N9O2S/c1-3-21-17-24-18(22-4-2)29-19(25-17)26-27-20(29)32-13-16(30)23-14-6-5-7-15(12-14)28-8-10-31-11-9-28/h5-7,12H,3-4,8-11,13H2,1-2H3,(H,23,30)(H2,21,22,24,25,26). The predicted molar refractivity (Wildman–Crippen MR) is 126 cm³/mol. The lowest BCUT2D eigenvalue weighted by Crippen LogP contribution is -2.36. The highest BCUT2D eigenvalue weighted by Gasteiger charge is 2.16. The molecule has 0 radical (unpaired) electrons. The number of nitrogens with one attached hydrogen (secondary N) is 3. The van der Waals surface area contributed by atoms with Crippen molar-refractivity contribution in [2.75, 3.05) is 66.0 Å². The largest absolute Gasteiger partial charge is 0.378 e. The highest BCUT2D eigenvalue weighted by atomic mass is 32.2. The molecule has 1 aromatic carbocycles. The lowest BCUT2D eigenvalue weighted by molar-refractivity contribution is -0.113. The van der Waals surface area contributed by atoms with Crippen LogP contribution in [0.25, 0.3) is 5.78 Å². The van der Waals surface area contributed by atoms with E-state index in [1.165, 1.54) is 11.8 Å². The van der Waals surface area contributed by atoms with Crippen LogP contribution in [0.5, 0.6) is 0 Å². The third-order valence-corrected chi connectivity index (χ3v) is 5.68. The number of carbonyl (C=O) groups excluding carboxylic acids is 1. The lowest BCUT2D eigenvalue weighted by atomic mass is 10.2. The number of benzene rings is 1. The molecule has 1 amide bonds. The fraction of sp³-hybridized carbons (Fsp3) is 0.450. The second-order valence-electron chi connectivity index (χ2n) is 7.04. The average Bonchev–Trinajstić information content (AvgIpc) is 3.22. The minimum atomic E-state index is -0.124. The zero-order chi connectivity index (χ0) is 22.3. The van der Waals surface area contributed by atoms with Crippen LogP contribution in [-0.2, 0) is 9.53 Å². The van der Waals surface area contributed by atoms with E-state index in [1.54, 1.807) is 4.40 Å². The van der Waals surface area contributed by atoms with Crippen LogP contribution in [-0.4, -0.2) is 75.6 Å². The van der Waals surface area contributed by atoms with Crippen LogP contribution in [0.15, 0.2) is 29.4 Å². The van der Waals surface area contributed by atoms with Gasteiger partial charge < -0.3 is 25.6 Å². The molecule has 1 fully saturated rings. The fourth-order valence-corrected chi connectivity index (χ4v) is 4.05. The second kappa shape index (κ2) is 10.5. The molecule has 32 heavy (non-hydrogen) atoms. The molecular formula is C20H27N9O2S. The maximum absolute atomic E-state index is 12.6. The first-order chi connectivity index (χ1) is 15.7. The van der Waals surface area contributed by atoms with Crippen molar-refractivity contribution in [2.45, 2.75) is 19.0 Å². The quantitative estimate of drug-likeness (QED) is 0.411. The Morgan fingerprint density at radius 1 is 1.12 bits per heavy atom. The third kappa shape index (κ3) is 5.19. The molecule has 3 heterocycles. The fourth-order valence-electron chi connectivity index (χ4n) is 3.33. The minimum absolute atomic E-state index is 0.124. The van der Waals surface area contributed by atoms with E-state index in [4.69, 9.17) is 4.74 Å². The number of hydrogen-bond donors (Lipinski definition) is 3. The molecule has 0 saturated carbocycles. The third-order valence-electron chi connectivity index (χ3n) is 4.75. The van der Waals surface area contributed by atoms with Crippen LogP contribution in [0.3, 0.4) is 0 Å². The van der Waals surface area contributed by atoms with Gasteiger partial charge in [-0.3, -0.25) is 4.79 Å². The Labute approximate surface area is 190 Å². The molecule has 0 unspecified atom stereocenters. The zero-order valence-corrected chi connectivity index (χ0v) is 19.0. The van der Waals surface area contributed by atoms with Gasteiger partial charge in [0.2, 0.25) is 17.8 Å². The van der Waals surface area contributed by atoms with Crippen molar-refractivity contribution in [2.24, 2.45) is 0 Å². The topological polar surface area (TPSA) is 122 Å². The van der Waals surface area contributed by atoms with Gasteiger partial charge in [-0.05, 0) is 32.0 Å². The Kier molecular flexibility index (Phi) is 7.22. The van der Waals surface area contributed by atoms with Crippen LogP contribution in [0.1, 0.15) is 13.8 Å². The van der Waals surface area contributed by atoms with E-state index in [9.17, 15) is 4.79 Å². The molecule has 2 aromatic heterocycles. The molecule has 1 aliphatic rings. The number of thioether (sulfide) groups is 1. The second-order valence-corrected chi connectivity index (χ2v) is 7.98. The number of rotatable bonds is 9. The molecule has 11 nitrogen and oxygen atoms in total. The van der Waals surface area contributed by atoms with Gasteiger partial charge in [0.15, 0.2) is 5.16 Å². The van der Waals surface area contributed by atoms with E-state index < -0.39 is 0 Å². The molecular weight excluding hydrogens is 430 g/mol. The number of ether oxygens (including phenoxy) is 1. The maximum atomic E-state index is 12.6. The van der Waals surface area contributed by atoms with Crippen molar-refractivity contribution in [1.82, 2.24) is 24.6 Å². The van der Waals surface area contributed by atoms with Crippen LogP contribution in [0.4, 0.5) is 23.3 Å². The van der Waals surface area contributed by atoms with E-state index in [2.05, 4.69) is 41.0 Å². The van der Waals surface area contributed by atoms with E-state index in [0.717, 1.165) is 24.5 Å². The number of morpholine rings is 1. The Hall–Kier alpha value is -3.12. The van der Waals surface area contributed by atoms with E-state index in [1.807, 2.05) is 38.1 Å². The Morgan fingerprint density at radius 2 is 1.94 bits per heavy atom. The van der Waals surface area contributed by atoms with Gasteiger partial charge in [0.1, 0.15) is 0 Å². The van der Waals surface area contributed by atoms with Crippen LogP contribution >= 0.6 is 11.8 Å². The molecule has 12 heteroatoms. The minimum Gasteiger partial charge on any atom is -0.378 e. The highest BCUT2D eigenvalue weighted by Crippen LogP contribution is 2.23. The summed E-state index contributed by atoms with van der Waals surface area (Å²) >= 11 is 1.29. The SMILES string of the molecule is CCNc1nc(NCC)n2c(SCC(=O)Nc3cccc(N4CCOCC4)c3)nnc2n1. The van der Waals surface area contributed by atoms with E-state index in [0.29, 0.717) is 49.1 Å². The van der Waals surface area contributed by atoms with Gasteiger partial charge in [-0.1, -0.05) is 17.8 Å². The monoisotopic (exact) mass is 457 g/mol. The van der Waals surface area contributed by atoms with Crippen LogP contribution in [0, 0.1) is 0 Å². The van der Waals surface area contributed by atoms with Crippen LogP contribution in [0.2, 0.25) is 0 Å². The highest BCUT2D eigenvalue weighted by molar-refractivity contribution is 7.99. The van der Waals surface area contributed by atoms with Gasteiger partial charge in [-0.25, -0.2) is 4.40 Å². The summed E-state index contributed by atoms with van der Waals surface area (Å²) in [5.41, 5.74) is 1.84. The molecule has 1 saturated heterocycles. The number of carbonyl (C=O) groups is 1. The molecule has 0 spiro atoms. The average molecular weight is 458 g/mol. The van der Waals surface area contributed by atoms with Crippen LogP contribution < -0.4 is 20.9 Å². The first-order valence-corrected chi connectivity index (χ1v) is 11.6. The molecule has 3 aromatic rings. The van der Waals surface area contributed by atoms with Crippen molar-refractivity contribution in [1.29, 1.82) is 0 Å². The van der Waals surface area contributed by atoms with E-state index >= 15 is 0 Å². The molecule has 0 aliphatic carbocycles. The summed E-state index contributed by atoms with van der Waals surface area (Å²) in [6, 6.07) is 7.86. The number of hydrogen-bond acceptors (Lipinski definition) is 10. The Balaban J connectivity index is 1.43. The van der Waals surface area contributed by atoms with Crippen molar-refractivity contribution in [3.63, 3.8) is 0 Å². The Bertz CT molecular complexity index is 1070. The Morgan fingerprint density at radius 3 is 2.72 bits per heavy atom. The van der Waals surface area contributed by atoms with Crippen molar-refractivity contribution in [3.8, 4) is 0 Å². The molecule has 4 rings (SSSR count). The van der Waals surface area contributed by atoms with Crippen molar-refractivity contribution in [3.05, 3.63) is 24.3 Å². The number of aromatic nitrogens is 5. The van der Waals surface area contributed by atoms with Gasteiger partial charge in [0, 0.05) is 37.6 Å². The van der Waals surface area contributed by atoms with E-state index in [-0.39, 0.29) is 11.7 Å². The van der Waals surface area contributed by atoms with Gasteiger partial charge in [0.05, 0.1) is 19.0 Å². The van der Waals surface area contributed by atoms with Crippen molar-refractivity contribution >= 4 is 46.7 Å². The summed E-state index contributed by atoms with van der Waals surface area (Å²) in [6.45, 7) is 8.46. The molecule has 0 atom stereocenters. The molecule has 170 valence electrons. The van der Waals surface area contributed by atoms with Crippen molar-refractivity contribution < 1.29 is 9.53 Å². The molecule has 1 aliphatic heterocycles. The predicted octanol–water partition coefficient (Wildman–Crippen LogP) is 1.95. The first-order valence-electron chi connectivity index (χ1n) is 10.6. The number of fused-ring (bicyclic) bond motifs is 1. The van der Waals surface area contributed by atoms with Gasteiger partial charge in [-0.15, -0.1) is 10.2 Å². The summed E-state index contributed by atoms with van der Waals surface area (Å²) in [6.07, 6.45) is 0. The number of amides is 1. The summed E-state index contributed by atoms with van der Waals surface area (Å²) in [4.78, 5) is 23.7. The smallest absolute Gasteiger partial charge is 0.261 e. The molecule has 3 N–H and O–H groups in total. The summed E-state index contributed by atoms with van der Waals surface area (Å²) < 4.78 is 7.14. The number of anilines is 4. The zero-order valence-electron chi connectivity index (χ0n) is 18.2. The van der Waals surface area contributed by atoms with Gasteiger partial charge >= 0.3 is 0 Å². The van der Waals surface area contributed by atoms with Gasteiger partial charge in [0.25, 0.3) is 5.78 Å². The van der Waals surface area contributed by atoms with Gasteiger partial charge in [-0.2, -0.15) is 9.97 Å². The lowest BCUT2D eigenvalue weighted by Gasteiger charge is -2.29. The maximum Gasteiger partial charge on any atom is 0.261 e. The summed E-state index contributed by atoms with van der Waals surface area (Å²) in [5.74, 6) is 1.55. The normalized spacial score (nSPS) is 13.9. The number of nitrogens with zero attached hydrogens (tertiary/aromatic N) is 6. The first kappa shape index (κ1) is 22.1. The summed E-state index contributed by atoms with van der Waals surface area (Å²) in [7, 11) is 0. The summed E-state index contributed by atoms with van der Waals surface area (Å²) in [5, 5.41) is 18.2. The molecule has 0 bridgehead atoms.